The fourth-order valence-electron chi connectivity index (χ4n) is 1.60. The van der Waals surface area contributed by atoms with Gasteiger partial charge in [0, 0.05) is 20.0 Å². The molecule has 1 aromatic rings. The fourth-order valence-corrected chi connectivity index (χ4v) is 2.80. The van der Waals surface area contributed by atoms with Gasteiger partial charge in [-0.15, -0.1) is 0 Å². The Labute approximate surface area is 125 Å². The van der Waals surface area contributed by atoms with Crippen LogP contribution in [0.1, 0.15) is 12.0 Å². The monoisotopic (exact) mass is 307 g/mol. The van der Waals surface area contributed by atoms with E-state index in [1.165, 1.54) is 26.3 Å². The summed E-state index contributed by atoms with van der Waals surface area (Å²) in [4.78, 5) is 0.102. The van der Waals surface area contributed by atoms with Crippen LogP contribution in [0.3, 0.4) is 0 Å². The SMILES string of the molecule is COc1ccc(S(=O)(=O)N(C)CCC#N)cc1C#CCN. The van der Waals surface area contributed by atoms with Crippen molar-refractivity contribution in [2.75, 3.05) is 27.2 Å². The summed E-state index contributed by atoms with van der Waals surface area (Å²) in [5.74, 6) is 5.93. The first-order valence-electron chi connectivity index (χ1n) is 6.17. The van der Waals surface area contributed by atoms with E-state index < -0.39 is 10.0 Å². The summed E-state index contributed by atoms with van der Waals surface area (Å²) in [6.45, 7) is 0.302. The maximum absolute atomic E-state index is 12.4. The van der Waals surface area contributed by atoms with Crippen molar-refractivity contribution >= 4 is 10.0 Å². The van der Waals surface area contributed by atoms with Gasteiger partial charge in [0.15, 0.2) is 0 Å². The molecule has 2 N–H and O–H groups in total. The number of hydrogen-bond donors (Lipinski definition) is 1. The lowest BCUT2D eigenvalue weighted by molar-refractivity contribution is 0.413. The molecule has 0 amide bonds. The Kier molecular flexibility index (Phi) is 6.19. The van der Waals surface area contributed by atoms with Crippen LogP contribution in [0.2, 0.25) is 0 Å². The Bertz CT molecular complexity index is 696. The number of rotatable bonds is 5. The van der Waals surface area contributed by atoms with Gasteiger partial charge in [-0.3, -0.25) is 0 Å². The van der Waals surface area contributed by atoms with Crippen LogP contribution in [0.5, 0.6) is 5.75 Å². The topological polar surface area (TPSA) is 96.4 Å². The summed E-state index contributed by atoms with van der Waals surface area (Å²) in [6.07, 6.45) is 0.131. The van der Waals surface area contributed by atoms with E-state index in [1.54, 1.807) is 6.07 Å². The minimum atomic E-state index is -3.66. The van der Waals surface area contributed by atoms with Crippen LogP contribution in [0, 0.1) is 23.2 Å². The van der Waals surface area contributed by atoms with Crippen molar-refractivity contribution in [3.8, 4) is 23.7 Å². The van der Waals surface area contributed by atoms with Crippen LogP contribution in [0.25, 0.3) is 0 Å². The second-order valence-corrected chi connectivity index (χ2v) is 6.15. The number of benzene rings is 1. The van der Waals surface area contributed by atoms with E-state index in [-0.39, 0.29) is 24.4 Å². The first-order valence-corrected chi connectivity index (χ1v) is 7.61. The Morgan fingerprint density at radius 2 is 2.14 bits per heavy atom. The smallest absolute Gasteiger partial charge is 0.242 e. The molecule has 1 rings (SSSR count). The predicted octanol–water partition coefficient (Wildman–Crippen LogP) is 0.540. The summed E-state index contributed by atoms with van der Waals surface area (Å²) in [5.41, 5.74) is 5.78. The zero-order valence-electron chi connectivity index (χ0n) is 12.0. The Hall–Kier alpha value is -2.06. The number of sulfonamides is 1. The van der Waals surface area contributed by atoms with Gasteiger partial charge in [0.1, 0.15) is 5.75 Å². The lowest BCUT2D eigenvalue weighted by Crippen LogP contribution is -2.27. The molecule has 0 saturated heterocycles. The molecule has 0 saturated carbocycles. The molecule has 0 atom stereocenters. The van der Waals surface area contributed by atoms with Crippen molar-refractivity contribution in [3.63, 3.8) is 0 Å². The van der Waals surface area contributed by atoms with Gasteiger partial charge in [0.2, 0.25) is 10.0 Å². The van der Waals surface area contributed by atoms with Gasteiger partial charge in [0.05, 0.1) is 30.2 Å². The first-order chi connectivity index (χ1) is 9.97. The zero-order chi connectivity index (χ0) is 15.9. The van der Waals surface area contributed by atoms with Gasteiger partial charge in [-0.1, -0.05) is 11.8 Å². The average molecular weight is 307 g/mol. The Balaban J connectivity index is 3.22. The van der Waals surface area contributed by atoms with Crippen molar-refractivity contribution in [2.45, 2.75) is 11.3 Å². The molecule has 0 aliphatic carbocycles. The minimum absolute atomic E-state index is 0.102. The van der Waals surface area contributed by atoms with Crippen molar-refractivity contribution in [3.05, 3.63) is 23.8 Å². The number of nitrogens with zero attached hydrogens (tertiary/aromatic N) is 2. The summed E-state index contributed by atoms with van der Waals surface area (Å²) < 4.78 is 31.0. The molecule has 112 valence electrons. The van der Waals surface area contributed by atoms with Crippen LogP contribution >= 0.6 is 0 Å². The van der Waals surface area contributed by atoms with Gasteiger partial charge in [-0.05, 0) is 18.2 Å². The molecule has 0 bridgehead atoms. The van der Waals surface area contributed by atoms with E-state index in [2.05, 4.69) is 11.8 Å². The number of methoxy groups -OCH3 is 1. The Morgan fingerprint density at radius 3 is 2.71 bits per heavy atom. The summed E-state index contributed by atoms with van der Waals surface area (Å²) in [5, 5.41) is 8.54. The largest absolute Gasteiger partial charge is 0.495 e. The van der Waals surface area contributed by atoms with Crippen LogP contribution in [0.15, 0.2) is 23.1 Å². The van der Waals surface area contributed by atoms with E-state index in [4.69, 9.17) is 15.7 Å². The lowest BCUT2D eigenvalue weighted by Gasteiger charge is -2.16. The molecule has 0 radical (unpaired) electrons. The number of hydrogen-bond acceptors (Lipinski definition) is 5. The van der Waals surface area contributed by atoms with Crippen LogP contribution < -0.4 is 10.5 Å². The molecule has 0 aliphatic rings. The Morgan fingerprint density at radius 1 is 1.43 bits per heavy atom. The molecule has 1 aromatic carbocycles. The molecular formula is C14H17N3O3S. The van der Waals surface area contributed by atoms with Gasteiger partial charge in [-0.25, -0.2) is 8.42 Å². The van der Waals surface area contributed by atoms with E-state index >= 15 is 0 Å². The minimum Gasteiger partial charge on any atom is -0.495 e. The highest BCUT2D eigenvalue weighted by molar-refractivity contribution is 7.89. The predicted molar refractivity (Wildman–Crippen MR) is 79.0 cm³/mol. The quantitative estimate of drug-likeness (QED) is 0.801. The summed E-state index contributed by atoms with van der Waals surface area (Å²) >= 11 is 0. The molecule has 6 nitrogen and oxygen atoms in total. The molecular weight excluding hydrogens is 290 g/mol. The third-order valence-electron chi connectivity index (χ3n) is 2.74. The van der Waals surface area contributed by atoms with Crippen molar-refractivity contribution < 1.29 is 13.2 Å². The normalized spacial score (nSPS) is 10.6. The summed E-state index contributed by atoms with van der Waals surface area (Å²) in [6, 6.07) is 6.36. The second-order valence-electron chi connectivity index (χ2n) is 4.10. The molecule has 0 heterocycles. The maximum Gasteiger partial charge on any atom is 0.242 e. The molecule has 0 fully saturated rings. The van der Waals surface area contributed by atoms with E-state index in [9.17, 15) is 8.42 Å². The van der Waals surface area contributed by atoms with Crippen LogP contribution in [0.4, 0.5) is 0 Å². The number of nitrogens with two attached hydrogens (primary N) is 1. The highest BCUT2D eigenvalue weighted by atomic mass is 32.2. The molecule has 0 aromatic heterocycles. The van der Waals surface area contributed by atoms with Crippen LogP contribution in [-0.2, 0) is 10.0 Å². The summed E-state index contributed by atoms with van der Waals surface area (Å²) in [7, 11) is -0.741. The number of ether oxygens (including phenoxy) is 1. The lowest BCUT2D eigenvalue weighted by atomic mass is 10.2. The first kappa shape index (κ1) is 17.0. The van der Waals surface area contributed by atoms with Crippen LogP contribution in [-0.4, -0.2) is 40.0 Å². The average Bonchev–Trinajstić information content (AvgIpc) is 2.49. The second kappa shape index (κ2) is 7.65. The van der Waals surface area contributed by atoms with E-state index in [1.807, 2.05) is 6.07 Å². The highest BCUT2D eigenvalue weighted by Gasteiger charge is 2.21. The molecule has 0 aliphatic heterocycles. The van der Waals surface area contributed by atoms with Gasteiger partial charge in [0.25, 0.3) is 0 Å². The standard InChI is InChI=1S/C14H17N3O3S/c1-17(10-4-9-16)21(18,19)13-6-7-14(20-2)12(11-13)5-3-8-15/h6-7,11H,4,8,10,15H2,1-2H3. The van der Waals surface area contributed by atoms with E-state index in [0.29, 0.717) is 11.3 Å². The van der Waals surface area contributed by atoms with E-state index in [0.717, 1.165) is 4.31 Å². The molecule has 7 heteroatoms. The molecule has 0 unspecified atom stereocenters. The van der Waals surface area contributed by atoms with Gasteiger partial charge >= 0.3 is 0 Å². The van der Waals surface area contributed by atoms with Gasteiger partial charge < -0.3 is 10.5 Å². The molecule has 0 spiro atoms. The maximum atomic E-state index is 12.4. The molecule has 21 heavy (non-hydrogen) atoms. The highest BCUT2D eigenvalue weighted by Crippen LogP contribution is 2.23. The van der Waals surface area contributed by atoms with Gasteiger partial charge in [-0.2, -0.15) is 9.57 Å². The van der Waals surface area contributed by atoms with Crippen molar-refractivity contribution in [1.82, 2.24) is 4.31 Å². The third-order valence-corrected chi connectivity index (χ3v) is 4.60. The zero-order valence-corrected chi connectivity index (χ0v) is 12.8. The fraction of sp³-hybridized carbons (Fsp3) is 0.357. The third kappa shape index (κ3) is 4.20. The number of nitriles is 1. The van der Waals surface area contributed by atoms with Crippen molar-refractivity contribution in [1.29, 1.82) is 5.26 Å². The van der Waals surface area contributed by atoms with Crippen molar-refractivity contribution in [2.24, 2.45) is 5.73 Å².